The Morgan fingerprint density at radius 2 is 1.94 bits per heavy atom. The van der Waals surface area contributed by atoms with Gasteiger partial charge in [0, 0.05) is 19.1 Å². The molecule has 0 atom stereocenters. The van der Waals surface area contributed by atoms with Crippen LogP contribution in [0.5, 0.6) is 5.75 Å². The molecule has 1 fully saturated rings. The molecule has 0 aliphatic carbocycles. The van der Waals surface area contributed by atoms with E-state index < -0.39 is 10.0 Å². The lowest BCUT2D eigenvalue weighted by Crippen LogP contribution is -2.57. The maximum atomic E-state index is 12.1. The fraction of sp³-hybridized carbons (Fsp3) is 0.500. The third-order valence-electron chi connectivity index (χ3n) is 2.81. The molecule has 0 unspecified atom stereocenters. The van der Waals surface area contributed by atoms with Crippen molar-refractivity contribution in [1.82, 2.24) is 4.31 Å². The Bertz CT molecular complexity index is 493. The smallest absolute Gasteiger partial charge is 0.243 e. The standard InChI is InChI=1S/C12H18N2O3S/c1-2-7-17-11-3-5-12(6-4-11)18(15,16)14-8-10(13)9-14/h3-6,10H,2,7-9,13H2,1H3. The van der Waals surface area contributed by atoms with Crippen molar-refractivity contribution >= 4 is 10.0 Å². The van der Waals surface area contributed by atoms with E-state index in [9.17, 15) is 8.42 Å². The molecule has 18 heavy (non-hydrogen) atoms. The van der Waals surface area contributed by atoms with Gasteiger partial charge in [-0.3, -0.25) is 0 Å². The van der Waals surface area contributed by atoms with Crippen LogP contribution >= 0.6 is 0 Å². The molecule has 0 amide bonds. The fourth-order valence-electron chi connectivity index (χ4n) is 1.74. The third-order valence-corrected chi connectivity index (χ3v) is 4.66. The lowest BCUT2D eigenvalue weighted by Gasteiger charge is -2.35. The first-order chi connectivity index (χ1) is 8.54. The Labute approximate surface area is 108 Å². The minimum absolute atomic E-state index is 0.0352. The first-order valence-electron chi connectivity index (χ1n) is 6.02. The summed E-state index contributed by atoms with van der Waals surface area (Å²) >= 11 is 0. The molecule has 5 nitrogen and oxygen atoms in total. The van der Waals surface area contributed by atoms with Gasteiger partial charge in [-0.2, -0.15) is 4.31 Å². The van der Waals surface area contributed by atoms with Crippen LogP contribution in [-0.2, 0) is 10.0 Å². The van der Waals surface area contributed by atoms with Crippen LogP contribution in [0.15, 0.2) is 29.2 Å². The molecule has 1 aromatic rings. The monoisotopic (exact) mass is 270 g/mol. The van der Waals surface area contributed by atoms with Crippen molar-refractivity contribution in [1.29, 1.82) is 0 Å². The molecule has 0 aromatic heterocycles. The van der Waals surface area contributed by atoms with Gasteiger partial charge in [0.15, 0.2) is 0 Å². The predicted molar refractivity (Wildman–Crippen MR) is 69.0 cm³/mol. The van der Waals surface area contributed by atoms with E-state index in [2.05, 4.69) is 0 Å². The molecular weight excluding hydrogens is 252 g/mol. The normalized spacial score (nSPS) is 17.4. The fourth-order valence-corrected chi connectivity index (χ4v) is 3.30. The summed E-state index contributed by atoms with van der Waals surface area (Å²) in [6.07, 6.45) is 0.922. The van der Waals surface area contributed by atoms with Crippen LogP contribution in [0.2, 0.25) is 0 Å². The summed E-state index contributed by atoms with van der Waals surface area (Å²) in [5.41, 5.74) is 5.60. The average molecular weight is 270 g/mol. The first kappa shape index (κ1) is 13.3. The second-order valence-electron chi connectivity index (χ2n) is 4.40. The molecule has 1 aliphatic rings. The largest absolute Gasteiger partial charge is 0.494 e. The van der Waals surface area contributed by atoms with E-state index in [-0.39, 0.29) is 6.04 Å². The topological polar surface area (TPSA) is 72.6 Å². The molecule has 100 valence electrons. The zero-order chi connectivity index (χ0) is 13.2. The summed E-state index contributed by atoms with van der Waals surface area (Å²) in [4.78, 5) is 0.290. The SMILES string of the molecule is CCCOc1ccc(S(=O)(=O)N2CC(N)C2)cc1. The zero-order valence-electron chi connectivity index (χ0n) is 10.4. The number of hydrogen-bond acceptors (Lipinski definition) is 4. The van der Waals surface area contributed by atoms with E-state index >= 15 is 0 Å². The van der Waals surface area contributed by atoms with Crippen LogP contribution in [0, 0.1) is 0 Å². The molecule has 0 radical (unpaired) electrons. The summed E-state index contributed by atoms with van der Waals surface area (Å²) in [5.74, 6) is 0.691. The molecule has 0 bridgehead atoms. The van der Waals surface area contributed by atoms with E-state index in [1.807, 2.05) is 6.92 Å². The van der Waals surface area contributed by atoms with Crippen LogP contribution in [0.4, 0.5) is 0 Å². The summed E-state index contributed by atoms with van der Waals surface area (Å²) in [7, 11) is -3.37. The molecule has 6 heteroatoms. The van der Waals surface area contributed by atoms with E-state index in [0.717, 1.165) is 6.42 Å². The molecular formula is C12H18N2O3S. The van der Waals surface area contributed by atoms with Gasteiger partial charge in [-0.25, -0.2) is 8.42 Å². The number of benzene rings is 1. The second-order valence-corrected chi connectivity index (χ2v) is 6.34. The maximum Gasteiger partial charge on any atom is 0.243 e. The second kappa shape index (κ2) is 5.26. The van der Waals surface area contributed by atoms with Crippen molar-refractivity contribution in [3.05, 3.63) is 24.3 Å². The van der Waals surface area contributed by atoms with Crippen LogP contribution in [0.25, 0.3) is 0 Å². The molecule has 1 saturated heterocycles. The maximum absolute atomic E-state index is 12.1. The molecule has 1 aromatic carbocycles. The minimum Gasteiger partial charge on any atom is -0.494 e. The Balaban J connectivity index is 2.09. The third kappa shape index (κ3) is 2.66. The minimum atomic E-state index is -3.37. The van der Waals surface area contributed by atoms with Crippen molar-refractivity contribution < 1.29 is 13.2 Å². The van der Waals surface area contributed by atoms with E-state index in [0.29, 0.717) is 30.3 Å². The lowest BCUT2D eigenvalue weighted by atomic mass is 10.2. The summed E-state index contributed by atoms with van der Waals surface area (Å²) in [6, 6.07) is 6.48. The van der Waals surface area contributed by atoms with Gasteiger partial charge in [-0.15, -0.1) is 0 Å². The number of sulfonamides is 1. The summed E-state index contributed by atoms with van der Waals surface area (Å²) in [6.45, 7) is 3.45. The Morgan fingerprint density at radius 1 is 1.33 bits per heavy atom. The highest BCUT2D eigenvalue weighted by Gasteiger charge is 2.34. The Hall–Kier alpha value is -1.11. The van der Waals surface area contributed by atoms with Crippen molar-refractivity contribution in [3.63, 3.8) is 0 Å². The van der Waals surface area contributed by atoms with Crippen molar-refractivity contribution in [2.75, 3.05) is 19.7 Å². The molecule has 2 rings (SSSR count). The lowest BCUT2D eigenvalue weighted by molar-refractivity contribution is 0.265. The number of hydrogen-bond donors (Lipinski definition) is 1. The van der Waals surface area contributed by atoms with Crippen molar-refractivity contribution in [2.45, 2.75) is 24.3 Å². The predicted octanol–water partition coefficient (Wildman–Crippen LogP) is 0.807. The highest BCUT2D eigenvalue weighted by atomic mass is 32.2. The van der Waals surface area contributed by atoms with Gasteiger partial charge < -0.3 is 10.5 Å². The van der Waals surface area contributed by atoms with E-state index in [1.165, 1.54) is 4.31 Å². The van der Waals surface area contributed by atoms with E-state index in [4.69, 9.17) is 10.5 Å². The van der Waals surface area contributed by atoms with Gasteiger partial charge in [0.05, 0.1) is 11.5 Å². The van der Waals surface area contributed by atoms with Gasteiger partial charge in [0.25, 0.3) is 0 Å². The quantitative estimate of drug-likeness (QED) is 0.859. The molecule has 2 N–H and O–H groups in total. The van der Waals surface area contributed by atoms with Gasteiger partial charge in [0.1, 0.15) is 5.75 Å². The van der Waals surface area contributed by atoms with Crippen LogP contribution < -0.4 is 10.5 Å². The van der Waals surface area contributed by atoms with E-state index in [1.54, 1.807) is 24.3 Å². The highest BCUT2D eigenvalue weighted by molar-refractivity contribution is 7.89. The van der Waals surface area contributed by atoms with Gasteiger partial charge >= 0.3 is 0 Å². The number of nitrogens with zero attached hydrogens (tertiary/aromatic N) is 1. The number of nitrogens with two attached hydrogens (primary N) is 1. The first-order valence-corrected chi connectivity index (χ1v) is 7.46. The molecule has 1 heterocycles. The highest BCUT2D eigenvalue weighted by Crippen LogP contribution is 2.22. The van der Waals surface area contributed by atoms with Crippen molar-refractivity contribution in [3.8, 4) is 5.75 Å². The molecule has 0 saturated carbocycles. The molecule has 1 aliphatic heterocycles. The van der Waals surface area contributed by atoms with Gasteiger partial charge in [-0.1, -0.05) is 6.92 Å². The summed E-state index contributed by atoms with van der Waals surface area (Å²) < 4.78 is 31.0. The van der Waals surface area contributed by atoms with Gasteiger partial charge in [-0.05, 0) is 30.7 Å². The van der Waals surface area contributed by atoms with Crippen LogP contribution in [0.1, 0.15) is 13.3 Å². The summed E-state index contributed by atoms with van der Waals surface area (Å²) in [5, 5.41) is 0. The zero-order valence-corrected chi connectivity index (χ0v) is 11.2. The Morgan fingerprint density at radius 3 is 2.44 bits per heavy atom. The van der Waals surface area contributed by atoms with Crippen molar-refractivity contribution in [2.24, 2.45) is 5.73 Å². The molecule has 0 spiro atoms. The number of ether oxygens (including phenoxy) is 1. The van der Waals surface area contributed by atoms with Crippen LogP contribution in [0.3, 0.4) is 0 Å². The Kier molecular flexibility index (Phi) is 3.89. The number of rotatable bonds is 5. The van der Waals surface area contributed by atoms with Crippen LogP contribution in [-0.4, -0.2) is 38.5 Å². The van der Waals surface area contributed by atoms with Gasteiger partial charge in [0.2, 0.25) is 10.0 Å². The average Bonchev–Trinajstić information content (AvgIpc) is 2.33.